The van der Waals surface area contributed by atoms with Gasteiger partial charge in [-0.2, -0.15) is 5.06 Å². The maximum atomic E-state index is 11.9. The second kappa shape index (κ2) is 15.2. The lowest BCUT2D eigenvalue weighted by Gasteiger charge is -2.30. The van der Waals surface area contributed by atoms with Crippen LogP contribution in [0.5, 0.6) is 0 Å². The van der Waals surface area contributed by atoms with Gasteiger partial charge in [0, 0.05) is 13.8 Å². The van der Waals surface area contributed by atoms with Gasteiger partial charge in [0.15, 0.2) is 6.10 Å². The van der Waals surface area contributed by atoms with Crippen LogP contribution in [0.1, 0.15) is 37.0 Å². The SMILES string of the molecule is CC(=O)OC[C@H](OC(C)=O)[C@H]1CC2[C@@H](OCc3ccccc3)[C@H](OCc3ccccc3)[C@@H](COCc3ccccc3)N2O1. The molecule has 2 fully saturated rings. The molecule has 0 bridgehead atoms. The third-order valence-electron chi connectivity index (χ3n) is 7.62. The van der Waals surface area contributed by atoms with Gasteiger partial charge in [0.05, 0.1) is 38.5 Å². The number of hydroxylamine groups is 2. The van der Waals surface area contributed by atoms with Crippen molar-refractivity contribution in [3.8, 4) is 0 Å². The Morgan fingerprint density at radius 2 is 1.30 bits per heavy atom. The molecule has 0 N–H and O–H groups in total. The Labute approximate surface area is 252 Å². The smallest absolute Gasteiger partial charge is 0.303 e. The molecule has 9 nitrogen and oxygen atoms in total. The maximum absolute atomic E-state index is 11.9. The van der Waals surface area contributed by atoms with Gasteiger partial charge in [0.25, 0.3) is 0 Å². The van der Waals surface area contributed by atoms with Gasteiger partial charge in [0.2, 0.25) is 0 Å². The fourth-order valence-corrected chi connectivity index (χ4v) is 5.64. The van der Waals surface area contributed by atoms with Crippen LogP contribution in [0.25, 0.3) is 0 Å². The molecule has 6 atom stereocenters. The molecule has 43 heavy (non-hydrogen) atoms. The Kier molecular flexibility index (Phi) is 10.9. The van der Waals surface area contributed by atoms with Gasteiger partial charge >= 0.3 is 11.9 Å². The summed E-state index contributed by atoms with van der Waals surface area (Å²) in [6.45, 7) is 4.10. The van der Waals surface area contributed by atoms with E-state index in [0.29, 0.717) is 32.8 Å². The lowest BCUT2D eigenvalue weighted by atomic mass is 10.00. The van der Waals surface area contributed by atoms with Crippen molar-refractivity contribution in [3.05, 3.63) is 108 Å². The Morgan fingerprint density at radius 3 is 1.84 bits per heavy atom. The molecule has 0 amide bonds. The quantitative estimate of drug-likeness (QED) is 0.250. The molecule has 2 aliphatic heterocycles. The largest absolute Gasteiger partial charge is 0.462 e. The first-order valence-electron chi connectivity index (χ1n) is 14.7. The molecule has 2 saturated heterocycles. The zero-order valence-corrected chi connectivity index (χ0v) is 24.6. The summed E-state index contributed by atoms with van der Waals surface area (Å²) in [5.74, 6) is -0.933. The van der Waals surface area contributed by atoms with Crippen LogP contribution in [-0.4, -0.2) is 66.7 Å². The van der Waals surface area contributed by atoms with E-state index >= 15 is 0 Å². The highest BCUT2D eigenvalue weighted by molar-refractivity contribution is 5.67. The van der Waals surface area contributed by atoms with Crippen LogP contribution in [0.4, 0.5) is 0 Å². The van der Waals surface area contributed by atoms with E-state index < -0.39 is 24.1 Å². The second-order valence-electron chi connectivity index (χ2n) is 10.8. The standard InChI is InChI=1S/C34H39NO8/c1-24(36)39-23-32(42-25(2)37)31-18-29-33(40-20-27-14-8-4-9-15-27)34(41-21-28-16-10-5-11-17-28)30(35(29)43-31)22-38-19-26-12-6-3-7-13-26/h3-17,29-34H,18-23H2,1-2H3/t29?,30-,31-,32+,33-,34-/m1/s1. The number of hydrogen-bond donors (Lipinski definition) is 0. The van der Waals surface area contributed by atoms with Crippen molar-refractivity contribution in [1.82, 2.24) is 5.06 Å². The van der Waals surface area contributed by atoms with Crippen molar-refractivity contribution >= 4 is 11.9 Å². The number of benzene rings is 3. The first-order chi connectivity index (χ1) is 21.0. The molecule has 9 heteroatoms. The lowest BCUT2D eigenvalue weighted by molar-refractivity contribution is -0.222. The summed E-state index contributed by atoms with van der Waals surface area (Å²) in [6.07, 6.45) is -1.56. The van der Waals surface area contributed by atoms with Gasteiger partial charge < -0.3 is 23.7 Å². The van der Waals surface area contributed by atoms with E-state index in [1.807, 2.05) is 96.1 Å². The van der Waals surface area contributed by atoms with Gasteiger partial charge in [-0.05, 0) is 23.1 Å². The zero-order valence-electron chi connectivity index (χ0n) is 24.6. The molecule has 2 heterocycles. The highest BCUT2D eigenvalue weighted by Gasteiger charge is 2.57. The topological polar surface area (TPSA) is 92.8 Å². The third kappa shape index (κ3) is 8.49. The van der Waals surface area contributed by atoms with Crippen LogP contribution in [-0.2, 0) is 57.9 Å². The minimum atomic E-state index is -0.767. The molecular formula is C34H39NO8. The number of carbonyl (C=O) groups is 2. The molecule has 0 spiro atoms. The van der Waals surface area contributed by atoms with E-state index in [-0.39, 0.29) is 30.9 Å². The van der Waals surface area contributed by atoms with E-state index in [0.717, 1.165) is 16.7 Å². The molecule has 1 unspecified atom stereocenters. The van der Waals surface area contributed by atoms with Gasteiger partial charge in [-0.15, -0.1) is 0 Å². The summed E-state index contributed by atoms with van der Waals surface area (Å²) < 4.78 is 30.2. The number of rotatable bonds is 14. The van der Waals surface area contributed by atoms with Crippen molar-refractivity contribution < 1.29 is 38.1 Å². The minimum absolute atomic E-state index is 0.0984. The van der Waals surface area contributed by atoms with E-state index in [9.17, 15) is 9.59 Å². The Morgan fingerprint density at radius 1 is 0.767 bits per heavy atom. The van der Waals surface area contributed by atoms with Crippen molar-refractivity contribution in [3.63, 3.8) is 0 Å². The number of hydrogen-bond acceptors (Lipinski definition) is 9. The zero-order chi connectivity index (χ0) is 30.0. The number of carbonyl (C=O) groups excluding carboxylic acids is 2. The van der Waals surface area contributed by atoms with E-state index in [2.05, 4.69) is 0 Å². The van der Waals surface area contributed by atoms with Gasteiger partial charge in [-0.3, -0.25) is 14.4 Å². The van der Waals surface area contributed by atoms with Crippen molar-refractivity contribution in [2.45, 2.75) is 76.6 Å². The normalized spacial score (nSPS) is 23.9. The van der Waals surface area contributed by atoms with Crippen LogP contribution in [0.15, 0.2) is 91.0 Å². The number of ether oxygens (including phenoxy) is 5. The molecule has 2 aliphatic rings. The molecule has 228 valence electrons. The van der Waals surface area contributed by atoms with E-state index in [4.69, 9.17) is 28.5 Å². The average Bonchev–Trinajstić information content (AvgIpc) is 3.56. The molecule has 0 saturated carbocycles. The van der Waals surface area contributed by atoms with Crippen LogP contribution in [0, 0.1) is 0 Å². The maximum Gasteiger partial charge on any atom is 0.303 e. The fraction of sp³-hybridized carbons (Fsp3) is 0.412. The molecule has 3 aromatic rings. The molecule has 3 aromatic carbocycles. The molecule has 0 aromatic heterocycles. The highest BCUT2D eigenvalue weighted by Crippen LogP contribution is 2.40. The highest BCUT2D eigenvalue weighted by atomic mass is 16.7. The Hall–Kier alpha value is -3.60. The average molecular weight is 590 g/mol. The first-order valence-corrected chi connectivity index (χ1v) is 14.7. The summed E-state index contributed by atoms with van der Waals surface area (Å²) in [6, 6.07) is 29.5. The predicted octanol–water partition coefficient (Wildman–Crippen LogP) is 4.63. The summed E-state index contributed by atoms with van der Waals surface area (Å²) in [5.41, 5.74) is 3.16. The van der Waals surface area contributed by atoms with Gasteiger partial charge in [-0.1, -0.05) is 91.0 Å². The van der Waals surface area contributed by atoms with E-state index in [1.165, 1.54) is 13.8 Å². The van der Waals surface area contributed by atoms with Crippen LogP contribution >= 0.6 is 0 Å². The first kappa shape index (κ1) is 30.8. The Bertz CT molecular complexity index is 1290. The summed E-state index contributed by atoms with van der Waals surface area (Å²) in [4.78, 5) is 30.0. The molecule has 0 radical (unpaired) electrons. The summed E-state index contributed by atoms with van der Waals surface area (Å²) in [7, 11) is 0. The fourth-order valence-electron chi connectivity index (χ4n) is 5.64. The second-order valence-corrected chi connectivity index (χ2v) is 10.8. The lowest BCUT2D eigenvalue weighted by Crippen LogP contribution is -2.44. The number of esters is 2. The van der Waals surface area contributed by atoms with Crippen molar-refractivity contribution in [2.24, 2.45) is 0 Å². The molecule has 0 aliphatic carbocycles. The van der Waals surface area contributed by atoms with Crippen LogP contribution in [0.3, 0.4) is 0 Å². The van der Waals surface area contributed by atoms with Crippen molar-refractivity contribution in [2.75, 3.05) is 13.2 Å². The van der Waals surface area contributed by atoms with Gasteiger partial charge in [-0.25, -0.2) is 0 Å². The predicted molar refractivity (Wildman–Crippen MR) is 157 cm³/mol. The van der Waals surface area contributed by atoms with Gasteiger partial charge in [0.1, 0.15) is 24.9 Å². The monoisotopic (exact) mass is 589 g/mol. The molecular weight excluding hydrogens is 550 g/mol. The third-order valence-corrected chi connectivity index (χ3v) is 7.62. The summed E-state index contributed by atoms with van der Waals surface area (Å²) in [5, 5.41) is 1.89. The van der Waals surface area contributed by atoms with Crippen LogP contribution in [0.2, 0.25) is 0 Å². The van der Waals surface area contributed by atoms with Crippen LogP contribution < -0.4 is 0 Å². The van der Waals surface area contributed by atoms with E-state index in [1.54, 1.807) is 0 Å². The molecule has 5 rings (SSSR count). The number of fused-ring (bicyclic) bond motifs is 1. The van der Waals surface area contributed by atoms with Crippen molar-refractivity contribution in [1.29, 1.82) is 0 Å². The Balaban J connectivity index is 1.38. The minimum Gasteiger partial charge on any atom is -0.462 e. The number of nitrogens with zero attached hydrogens (tertiary/aromatic N) is 1. The summed E-state index contributed by atoms with van der Waals surface area (Å²) >= 11 is 0.